The van der Waals surface area contributed by atoms with Gasteiger partial charge in [0.15, 0.2) is 11.5 Å². The molecule has 0 spiro atoms. The van der Waals surface area contributed by atoms with E-state index in [0.29, 0.717) is 31.7 Å². The summed E-state index contributed by atoms with van der Waals surface area (Å²) in [5.74, 6) is 1.45. The van der Waals surface area contributed by atoms with Crippen molar-refractivity contribution < 1.29 is 22.6 Å². The highest BCUT2D eigenvalue weighted by atomic mass is 19.4. The Morgan fingerprint density at radius 2 is 1.77 bits per heavy atom. The molecular formula is C24H28F3NO2. The van der Waals surface area contributed by atoms with Gasteiger partial charge in [-0.15, -0.1) is 0 Å². The van der Waals surface area contributed by atoms with Crippen LogP contribution in [0.1, 0.15) is 54.9 Å². The molecule has 1 aliphatic rings. The fraction of sp³-hybridized carbons (Fsp3) is 0.458. The molecule has 0 saturated heterocycles. The van der Waals surface area contributed by atoms with Crippen molar-refractivity contribution in [3.8, 4) is 11.5 Å². The molecule has 1 heterocycles. The molecule has 30 heavy (non-hydrogen) atoms. The standard InChI is InChI=1S/C24H28F3NO2/c1-3-4-5-14-30-23-15-18-12-13-28-21(20(18)16-22(23)29-2)11-8-17-6-9-19(10-7-17)24(25,26)27/h6-7,9-10,15-16H,3-5,8,11-14H2,1-2H3. The average Bonchev–Trinajstić information content (AvgIpc) is 2.74. The van der Waals surface area contributed by atoms with Gasteiger partial charge in [0.1, 0.15) is 0 Å². The number of ether oxygens (including phenoxy) is 2. The fourth-order valence-electron chi connectivity index (χ4n) is 3.62. The lowest BCUT2D eigenvalue weighted by Crippen LogP contribution is -2.15. The summed E-state index contributed by atoms with van der Waals surface area (Å²) < 4.78 is 49.7. The molecule has 0 saturated carbocycles. The highest BCUT2D eigenvalue weighted by molar-refractivity contribution is 6.03. The molecule has 0 radical (unpaired) electrons. The van der Waals surface area contributed by atoms with E-state index < -0.39 is 11.7 Å². The molecule has 0 aliphatic carbocycles. The summed E-state index contributed by atoms with van der Waals surface area (Å²) in [6, 6.07) is 9.39. The Bertz CT molecular complexity index is 873. The molecule has 0 N–H and O–H groups in total. The predicted octanol–water partition coefficient (Wildman–Crippen LogP) is 6.26. The first kappa shape index (κ1) is 22.2. The number of alkyl halides is 3. The molecule has 3 nitrogen and oxygen atoms in total. The number of hydrogen-bond acceptors (Lipinski definition) is 3. The minimum absolute atomic E-state index is 0.622. The first-order valence-corrected chi connectivity index (χ1v) is 10.5. The maximum Gasteiger partial charge on any atom is 0.416 e. The first-order valence-electron chi connectivity index (χ1n) is 10.5. The van der Waals surface area contributed by atoms with Gasteiger partial charge >= 0.3 is 6.18 Å². The number of halogens is 3. The predicted molar refractivity (Wildman–Crippen MR) is 113 cm³/mol. The molecule has 0 fully saturated rings. The van der Waals surface area contributed by atoms with Gasteiger partial charge in [-0.05, 0) is 61.1 Å². The molecule has 6 heteroatoms. The van der Waals surface area contributed by atoms with Crippen LogP contribution >= 0.6 is 0 Å². The summed E-state index contributed by atoms with van der Waals surface area (Å²) in [6.07, 6.45) is 1.12. The molecule has 3 rings (SSSR count). The lowest BCUT2D eigenvalue weighted by atomic mass is 9.93. The Kier molecular flexibility index (Phi) is 7.40. The van der Waals surface area contributed by atoms with Gasteiger partial charge in [-0.2, -0.15) is 13.2 Å². The SMILES string of the molecule is CCCCCOc1cc2c(cc1OC)C(CCc1ccc(C(F)(F)F)cc1)=NCC2. The Hall–Kier alpha value is -2.50. The van der Waals surface area contributed by atoms with Crippen LogP contribution in [0.25, 0.3) is 0 Å². The van der Waals surface area contributed by atoms with E-state index in [1.54, 1.807) is 19.2 Å². The van der Waals surface area contributed by atoms with Crippen LogP contribution < -0.4 is 9.47 Å². The summed E-state index contributed by atoms with van der Waals surface area (Å²) in [4.78, 5) is 4.67. The summed E-state index contributed by atoms with van der Waals surface area (Å²) in [5.41, 5.74) is 3.43. The van der Waals surface area contributed by atoms with Gasteiger partial charge in [-0.3, -0.25) is 4.99 Å². The van der Waals surface area contributed by atoms with Crippen molar-refractivity contribution in [3.05, 3.63) is 58.7 Å². The average molecular weight is 419 g/mol. The van der Waals surface area contributed by atoms with Crippen LogP contribution in [0, 0.1) is 0 Å². The topological polar surface area (TPSA) is 30.8 Å². The van der Waals surface area contributed by atoms with Gasteiger partial charge in [0.05, 0.1) is 19.3 Å². The van der Waals surface area contributed by atoms with Crippen LogP contribution in [-0.4, -0.2) is 26.0 Å². The van der Waals surface area contributed by atoms with Gasteiger partial charge < -0.3 is 9.47 Å². The number of aryl methyl sites for hydroxylation is 1. The number of unbranched alkanes of at least 4 members (excludes halogenated alkanes) is 2. The zero-order chi connectivity index (χ0) is 21.6. The largest absolute Gasteiger partial charge is 0.493 e. The molecule has 2 aromatic rings. The molecule has 0 bridgehead atoms. The first-order chi connectivity index (χ1) is 14.4. The van der Waals surface area contributed by atoms with Crippen molar-refractivity contribution in [3.63, 3.8) is 0 Å². The maximum atomic E-state index is 12.7. The smallest absolute Gasteiger partial charge is 0.416 e. The van der Waals surface area contributed by atoms with E-state index in [1.807, 2.05) is 12.1 Å². The zero-order valence-electron chi connectivity index (χ0n) is 17.5. The van der Waals surface area contributed by atoms with Crippen molar-refractivity contribution in [1.29, 1.82) is 0 Å². The molecular weight excluding hydrogens is 391 g/mol. The highest BCUT2D eigenvalue weighted by Gasteiger charge is 2.30. The number of hydrogen-bond donors (Lipinski definition) is 0. The summed E-state index contributed by atoms with van der Waals surface area (Å²) in [5, 5.41) is 0. The quantitative estimate of drug-likeness (QED) is 0.449. The monoisotopic (exact) mass is 419 g/mol. The van der Waals surface area contributed by atoms with Crippen molar-refractivity contribution >= 4 is 5.71 Å². The number of rotatable bonds is 9. The van der Waals surface area contributed by atoms with Gasteiger partial charge in [-0.25, -0.2) is 0 Å². The lowest BCUT2D eigenvalue weighted by molar-refractivity contribution is -0.137. The third kappa shape index (κ3) is 5.55. The summed E-state index contributed by atoms with van der Waals surface area (Å²) in [7, 11) is 1.63. The van der Waals surface area contributed by atoms with Crippen LogP contribution in [-0.2, 0) is 19.0 Å². The molecule has 0 atom stereocenters. The van der Waals surface area contributed by atoms with Crippen molar-refractivity contribution in [2.75, 3.05) is 20.3 Å². The molecule has 0 unspecified atom stereocenters. The maximum absolute atomic E-state index is 12.7. The third-order valence-corrected chi connectivity index (χ3v) is 5.32. The Balaban J connectivity index is 1.70. The number of methoxy groups -OCH3 is 1. The highest BCUT2D eigenvalue weighted by Crippen LogP contribution is 2.34. The summed E-state index contributed by atoms with van der Waals surface area (Å²) >= 11 is 0. The van der Waals surface area contributed by atoms with E-state index in [9.17, 15) is 13.2 Å². The van der Waals surface area contributed by atoms with Gasteiger partial charge in [-0.1, -0.05) is 31.9 Å². The van der Waals surface area contributed by atoms with Crippen LogP contribution in [0.3, 0.4) is 0 Å². The van der Waals surface area contributed by atoms with Crippen molar-refractivity contribution in [1.82, 2.24) is 0 Å². The minimum Gasteiger partial charge on any atom is -0.493 e. The van der Waals surface area contributed by atoms with Crippen LogP contribution in [0.2, 0.25) is 0 Å². The molecule has 0 amide bonds. The van der Waals surface area contributed by atoms with Crippen molar-refractivity contribution in [2.45, 2.75) is 51.6 Å². The van der Waals surface area contributed by atoms with E-state index in [4.69, 9.17) is 9.47 Å². The second-order valence-electron chi connectivity index (χ2n) is 7.49. The fourth-order valence-corrected chi connectivity index (χ4v) is 3.62. The van der Waals surface area contributed by atoms with Crippen LogP contribution in [0.15, 0.2) is 41.4 Å². The van der Waals surface area contributed by atoms with E-state index in [1.165, 1.54) is 5.56 Å². The van der Waals surface area contributed by atoms with Gasteiger partial charge in [0.25, 0.3) is 0 Å². The number of benzene rings is 2. The molecule has 1 aliphatic heterocycles. The minimum atomic E-state index is -4.31. The molecule has 2 aromatic carbocycles. The van der Waals surface area contributed by atoms with Crippen LogP contribution in [0.5, 0.6) is 11.5 Å². The second kappa shape index (κ2) is 10.0. The Morgan fingerprint density at radius 1 is 1.00 bits per heavy atom. The second-order valence-corrected chi connectivity index (χ2v) is 7.49. The summed E-state index contributed by atoms with van der Waals surface area (Å²) in [6.45, 7) is 3.53. The Morgan fingerprint density at radius 3 is 2.43 bits per heavy atom. The normalized spacial score (nSPS) is 13.6. The van der Waals surface area contributed by atoms with Crippen LogP contribution in [0.4, 0.5) is 13.2 Å². The third-order valence-electron chi connectivity index (χ3n) is 5.32. The zero-order valence-corrected chi connectivity index (χ0v) is 17.5. The van der Waals surface area contributed by atoms with E-state index >= 15 is 0 Å². The van der Waals surface area contributed by atoms with Crippen molar-refractivity contribution in [2.24, 2.45) is 4.99 Å². The van der Waals surface area contributed by atoms with E-state index in [-0.39, 0.29) is 0 Å². The Labute approximate surface area is 175 Å². The molecule has 0 aromatic heterocycles. The van der Waals surface area contributed by atoms with Gasteiger partial charge in [0, 0.05) is 17.8 Å². The number of fused-ring (bicyclic) bond motifs is 1. The number of nitrogens with zero attached hydrogens (tertiary/aromatic N) is 1. The van der Waals surface area contributed by atoms with E-state index in [2.05, 4.69) is 11.9 Å². The lowest BCUT2D eigenvalue weighted by Gasteiger charge is -2.20. The van der Waals surface area contributed by atoms with E-state index in [0.717, 1.165) is 60.4 Å². The van der Waals surface area contributed by atoms with Gasteiger partial charge in [0.2, 0.25) is 0 Å². The molecule has 162 valence electrons. The number of aliphatic imine (C=N–C) groups is 1.